The van der Waals surface area contributed by atoms with Crippen molar-refractivity contribution in [2.24, 2.45) is 0 Å². The van der Waals surface area contributed by atoms with Crippen LogP contribution >= 0.6 is 35.0 Å². The molecule has 7 nitrogen and oxygen atoms in total. The maximum absolute atomic E-state index is 12.6. The summed E-state index contributed by atoms with van der Waals surface area (Å²) in [4.78, 5) is 15.0. The van der Waals surface area contributed by atoms with Crippen LogP contribution in [-0.4, -0.2) is 51.0 Å². The van der Waals surface area contributed by atoms with Crippen LogP contribution in [0.3, 0.4) is 0 Å². The van der Waals surface area contributed by atoms with E-state index in [1.165, 1.54) is 24.6 Å². The van der Waals surface area contributed by atoms with Gasteiger partial charge in [-0.25, -0.2) is 0 Å². The summed E-state index contributed by atoms with van der Waals surface area (Å²) in [6.07, 6.45) is 4.03. The summed E-state index contributed by atoms with van der Waals surface area (Å²) in [7, 11) is 0. The van der Waals surface area contributed by atoms with Crippen molar-refractivity contribution in [2.45, 2.75) is 37.5 Å². The fraction of sp³-hybridized carbons (Fsp3) is 0.409. The molecule has 0 aliphatic carbocycles. The van der Waals surface area contributed by atoms with Crippen LogP contribution in [0, 0.1) is 0 Å². The van der Waals surface area contributed by atoms with E-state index in [9.17, 15) is 4.79 Å². The topological polar surface area (TPSA) is 76.2 Å². The summed E-state index contributed by atoms with van der Waals surface area (Å²) in [6, 6.07) is 9.19. The fourth-order valence-electron chi connectivity index (χ4n) is 3.89. The Bertz CT molecular complexity index is 1050. The van der Waals surface area contributed by atoms with Crippen LogP contribution in [-0.2, 0) is 11.3 Å². The van der Waals surface area contributed by atoms with Gasteiger partial charge in [-0.15, -0.1) is 10.2 Å². The van der Waals surface area contributed by atoms with E-state index in [4.69, 9.17) is 27.6 Å². The second-order valence-electron chi connectivity index (χ2n) is 7.54. The first-order chi connectivity index (χ1) is 15.6. The molecule has 3 heterocycles. The third kappa shape index (κ3) is 5.31. The van der Waals surface area contributed by atoms with Crippen LogP contribution in [0.5, 0.6) is 0 Å². The van der Waals surface area contributed by atoms with Crippen LogP contribution < -0.4 is 5.32 Å². The Hall–Kier alpha value is -2.00. The van der Waals surface area contributed by atoms with Gasteiger partial charge in [0.05, 0.1) is 23.1 Å². The summed E-state index contributed by atoms with van der Waals surface area (Å²) in [5.41, 5.74) is 0.758. The number of hydrogen-bond donors (Lipinski definition) is 1. The minimum absolute atomic E-state index is 0.0533. The zero-order valence-electron chi connectivity index (χ0n) is 17.8. The third-order valence-corrected chi connectivity index (χ3v) is 7.00. The molecule has 1 saturated heterocycles. The number of thioether (sulfide) groups is 1. The minimum Gasteiger partial charge on any atom is -0.468 e. The van der Waals surface area contributed by atoms with E-state index in [0.717, 1.165) is 24.4 Å². The minimum atomic E-state index is -0.0533. The molecule has 1 atom stereocenters. The van der Waals surface area contributed by atoms with Gasteiger partial charge in [-0.1, -0.05) is 35.0 Å². The number of carbonyl (C=O) groups excluding carboxylic acids is 1. The van der Waals surface area contributed by atoms with Gasteiger partial charge in [0.1, 0.15) is 5.76 Å². The van der Waals surface area contributed by atoms with E-state index >= 15 is 0 Å². The second-order valence-corrected chi connectivity index (χ2v) is 9.33. The van der Waals surface area contributed by atoms with Crippen molar-refractivity contribution in [3.8, 4) is 11.4 Å². The van der Waals surface area contributed by atoms with Crippen molar-refractivity contribution in [3.63, 3.8) is 0 Å². The molecular formula is C22H25Cl2N5O2S. The highest BCUT2D eigenvalue weighted by Gasteiger charge is 2.26. The number of furan rings is 1. The highest BCUT2D eigenvalue weighted by molar-refractivity contribution is 7.99. The van der Waals surface area contributed by atoms with Crippen LogP contribution in [0.2, 0.25) is 10.0 Å². The highest BCUT2D eigenvalue weighted by atomic mass is 35.5. The second kappa shape index (κ2) is 10.7. The predicted octanol–water partition coefficient (Wildman–Crippen LogP) is 4.91. The molecule has 1 N–H and O–H groups in total. The molecule has 1 aliphatic rings. The fourth-order valence-corrected chi connectivity index (χ4v) is 5.21. The van der Waals surface area contributed by atoms with Gasteiger partial charge in [0, 0.05) is 23.7 Å². The maximum atomic E-state index is 12.6. The summed E-state index contributed by atoms with van der Waals surface area (Å²) < 4.78 is 7.57. The number of aromatic nitrogens is 3. The zero-order chi connectivity index (χ0) is 22.5. The third-order valence-electron chi connectivity index (χ3n) is 5.48. The Balaban J connectivity index is 1.38. The molecule has 4 rings (SSSR count). The monoisotopic (exact) mass is 493 g/mol. The molecule has 1 aromatic carbocycles. The lowest BCUT2D eigenvalue weighted by atomic mass is 10.2. The predicted molar refractivity (Wildman–Crippen MR) is 127 cm³/mol. The average molecular weight is 494 g/mol. The van der Waals surface area contributed by atoms with Crippen molar-refractivity contribution in [1.82, 2.24) is 25.0 Å². The van der Waals surface area contributed by atoms with Gasteiger partial charge >= 0.3 is 0 Å². The molecule has 0 saturated carbocycles. The van der Waals surface area contributed by atoms with Crippen LogP contribution in [0.15, 0.2) is 46.2 Å². The summed E-state index contributed by atoms with van der Waals surface area (Å²) in [6.45, 7) is 5.21. The van der Waals surface area contributed by atoms with Gasteiger partial charge in [0.25, 0.3) is 0 Å². The molecule has 3 aromatic rings. The number of carbonyl (C=O) groups is 1. The average Bonchev–Trinajstić information content (AvgIpc) is 3.54. The molecular weight excluding hydrogens is 469 g/mol. The Kier molecular flexibility index (Phi) is 7.78. The Morgan fingerprint density at radius 2 is 2.06 bits per heavy atom. The SMILES string of the molecule is CCn1c(SCC(=O)NCC(c2ccco2)N2CCCC2)nnc1-c1ccc(Cl)cc1Cl. The number of halogens is 2. The highest BCUT2D eigenvalue weighted by Crippen LogP contribution is 2.31. The Labute approximate surface area is 201 Å². The maximum Gasteiger partial charge on any atom is 0.230 e. The van der Waals surface area contributed by atoms with E-state index in [0.29, 0.717) is 34.1 Å². The molecule has 1 unspecified atom stereocenters. The van der Waals surface area contributed by atoms with Crippen molar-refractivity contribution in [2.75, 3.05) is 25.4 Å². The number of nitrogens with zero attached hydrogens (tertiary/aromatic N) is 4. The quantitative estimate of drug-likeness (QED) is 0.426. The van der Waals surface area contributed by atoms with E-state index in [2.05, 4.69) is 20.4 Å². The molecule has 1 fully saturated rings. The van der Waals surface area contributed by atoms with Crippen molar-refractivity contribution in [3.05, 3.63) is 52.4 Å². The van der Waals surface area contributed by atoms with Crippen LogP contribution in [0.1, 0.15) is 31.6 Å². The molecule has 10 heteroatoms. The smallest absolute Gasteiger partial charge is 0.230 e. The van der Waals surface area contributed by atoms with Crippen LogP contribution in [0.25, 0.3) is 11.4 Å². The van der Waals surface area contributed by atoms with Crippen molar-refractivity contribution >= 4 is 40.9 Å². The van der Waals surface area contributed by atoms with Gasteiger partial charge < -0.3 is 14.3 Å². The zero-order valence-corrected chi connectivity index (χ0v) is 20.1. The van der Waals surface area contributed by atoms with E-state index in [1.807, 2.05) is 29.7 Å². The van der Waals surface area contributed by atoms with Crippen LogP contribution in [0.4, 0.5) is 0 Å². The number of amides is 1. The number of hydrogen-bond acceptors (Lipinski definition) is 6. The molecule has 1 aliphatic heterocycles. The van der Waals surface area contributed by atoms with Gasteiger partial charge in [0.15, 0.2) is 11.0 Å². The molecule has 32 heavy (non-hydrogen) atoms. The van der Waals surface area contributed by atoms with Gasteiger partial charge in [0.2, 0.25) is 5.91 Å². The lowest BCUT2D eigenvalue weighted by Gasteiger charge is -2.25. The molecule has 2 aromatic heterocycles. The van der Waals surface area contributed by atoms with Gasteiger partial charge in [-0.3, -0.25) is 9.69 Å². The summed E-state index contributed by atoms with van der Waals surface area (Å²) in [5.74, 6) is 1.73. The van der Waals surface area contributed by atoms with E-state index in [1.54, 1.807) is 18.4 Å². The number of nitrogens with one attached hydrogen (secondary N) is 1. The molecule has 170 valence electrons. The number of rotatable bonds is 9. The van der Waals surface area contributed by atoms with Crippen molar-refractivity contribution < 1.29 is 9.21 Å². The normalized spacial score (nSPS) is 15.2. The van der Waals surface area contributed by atoms with E-state index < -0.39 is 0 Å². The Morgan fingerprint density at radius 3 is 2.75 bits per heavy atom. The summed E-state index contributed by atoms with van der Waals surface area (Å²) in [5, 5.41) is 13.4. The van der Waals surface area contributed by atoms with E-state index in [-0.39, 0.29) is 17.7 Å². The largest absolute Gasteiger partial charge is 0.468 e. The first-order valence-electron chi connectivity index (χ1n) is 10.6. The summed E-state index contributed by atoms with van der Waals surface area (Å²) >= 11 is 13.7. The molecule has 0 radical (unpaired) electrons. The van der Waals surface area contributed by atoms with Gasteiger partial charge in [-0.05, 0) is 63.2 Å². The molecule has 0 spiro atoms. The standard InChI is InChI=1S/C22H25Cl2N5O2S/c1-2-29-21(16-8-7-15(23)12-17(16)24)26-27-22(29)32-14-20(30)25-13-18(19-6-5-11-31-19)28-9-3-4-10-28/h5-8,11-12,18H,2-4,9-10,13-14H2,1H3,(H,25,30). The number of likely N-dealkylation sites (tertiary alicyclic amines) is 1. The lowest BCUT2D eigenvalue weighted by molar-refractivity contribution is -0.118. The number of benzene rings is 1. The first-order valence-corrected chi connectivity index (χ1v) is 12.4. The Morgan fingerprint density at radius 1 is 1.25 bits per heavy atom. The first kappa shape index (κ1) is 23.2. The van der Waals surface area contributed by atoms with Crippen molar-refractivity contribution in [1.29, 1.82) is 0 Å². The molecule has 0 bridgehead atoms. The lowest BCUT2D eigenvalue weighted by Crippen LogP contribution is -2.37. The van der Waals surface area contributed by atoms with Gasteiger partial charge in [-0.2, -0.15) is 0 Å². The molecule has 1 amide bonds.